The summed E-state index contributed by atoms with van der Waals surface area (Å²) in [4.78, 5) is 28.3. The second-order valence-electron chi connectivity index (χ2n) is 7.55. The maximum Gasteiger partial charge on any atom is 0.337 e. The van der Waals surface area contributed by atoms with Gasteiger partial charge in [-0.15, -0.1) is 0 Å². The van der Waals surface area contributed by atoms with Crippen molar-refractivity contribution in [3.05, 3.63) is 69.7 Å². The van der Waals surface area contributed by atoms with E-state index in [4.69, 9.17) is 4.74 Å². The fraction of sp³-hybridized carbons (Fsp3) is 0.364. The lowest BCUT2D eigenvalue weighted by Gasteiger charge is -2.59. The Morgan fingerprint density at radius 3 is 2.48 bits per heavy atom. The zero-order valence-corrected chi connectivity index (χ0v) is 17.7. The van der Waals surface area contributed by atoms with E-state index in [-0.39, 0.29) is 36.5 Å². The minimum absolute atomic E-state index is 0.0298. The van der Waals surface area contributed by atoms with Gasteiger partial charge in [-0.1, -0.05) is 40.2 Å². The van der Waals surface area contributed by atoms with Gasteiger partial charge < -0.3 is 14.7 Å². The molecule has 29 heavy (non-hydrogen) atoms. The molecular weight excluding hydrogens is 436 g/mol. The zero-order valence-electron chi connectivity index (χ0n) is 16.1. The number of halogens is 1. The van der Waals surface area contributed by atoms with E-state index in [9.17, 15) is 14.7 Å². The minimum Gasteiger partial charge on any atom is -0.465 e. The molecule has 1 N–H and O–H groups in total. The second-order valence-corrected chi connectivity index (χ2v) is 8.47. The van der Waals surface area contributed by atoms with Crippen LogP contribution < -0.4 is 0 Å². The molecule has 2 aliphatic rings. The molecule has 7 heteroatoms. The van der Waals surface area contributed by atoms with Gasteiger partial charge in [0.05, 0.1) is 37.9 Å². The highest BCUT2D eigenvalue weighted by atomic mass is 79.9. The number of hydrogen-bond donors (Lipinski definition) is 1. The summed E-state index contributed by atoms with van der Waals surface area (Å²) in [5.74, 6) is -0.177. The molecule has 0 radical (unpaired) electrons. The monoisotopic (exact) mass is 458 g/mol. The van der Waals surface area contributed by atoms with Crippen LogP contribution in [0.3, 0.4) is 0 Å². The molecule has 0 bridgehead atoms. The fourth-order valence-corrected chi connectivity index (χ4v) is 4.76. The number of methoxy groups -OCH3 is 1. The molecule has 2 heterocycles. The molecule has 0 aliphatic carbocycles. The molecule has 0 saturated carbocycles. The van der Waals surface area contributed by atoms with Crippen LogP contribution in [-0.4, -0.2) is 65.7 Å². The number of amides is 1. The fourth-order valence-electron chi connectivity index (χ4n) is 4.49. The van der Waals surface area contributed by atoms with Crippen molar-refractivity contribution in [2.75, 3.05) is 26.8 Å². The normalized spacial score (nSPS) is 24.0. The predicted molar refractivity (Wildman–Crippen MR) is 111 cm³/mol. The highest BCUT2D eigenvalue weighted by molar-refractivity contribution is 9.10. The first-order valence-corrected chi connectivity index (χ1v) is 10.4. The lowest BCUT2D eigenvalue weighted by molar-refractivity contribution is -0.162. The standard InChI is InChI=1S/C22H23BrN2O4/c1-29-22(28)16-4-2-14(3-5-16)10-24-11-18-21(15-6-8-17(23)9-7-15)19(13-26)25(18)20(27)12-24/h2-9,18-19,21,26H,10-13H2,1H3/t18-,19-,21-/m0/s1. The van der Waals surface area contributed by atoms with Crippen molar-refractivity contribution in [1.29, 1.82) is 0 Å². The maximum absolute atomic E-state index is 12.7. The van der Waals surface area contributed by atoms with E-state index >= 15 is 0 Å². The summed E-state index contributed by atoms with van der Waals surface area (Å²) >= 11 is 3.46. The Labute approximate surface area is 178 Å². The van der Waals surface area contributed by atoms with Crippen LogP contribution in [0.1, 0.15) is 27.4 Å². The Morgan fingerprint density at radius 2 is 1.86 bits per heavy atom. The number of benzene rings is 2. The molecule has 2 fully saturated rings. The Hall–Kier alpha value is -2.22. The summed E-state index contributed by atoms with van der Waals surface area (Å²) in [7, 11) is 1.36. The first kappa shape index (κ1) is 20.1. The number of hydrogen-bond acceptors (Lipinski definition) is 5. The van der Waals surface area contributed by atoms with Gasteiger partial charge in [-0.25, -0.2) is 4.79 Å². The van der Waals surface area contributed by atoms with Crippen molar-refractivity contribution >= 4 is 27.8 Å². The van der Waals surface area contributed by atoms with Crippen molar-refractivity contribution in [3.63, 3.8) is 0 Å². The van der Waals surface area contributed by atoms with Crippen LogP contribution in [0.25, 0.3) is 0 Å². The molecule has 0 spiro atoms. The van der Waals surface area contributed by atoms with E-state index < -0.39 is 0 Å². The summed E-state index contributed by atoms with van der Waals surface area (Å²) in [6.45, 7) is 1.69. The predicted octanol–water partition coefficient (Wildman–Crippen LogP) is 2.41. The molecule has 6 nitrogen and oxygen atoms in total. The van der Waals surface area contributed by atoms with Gasteiger partial charge in [0.15, 0.2) is 0 Å². The summed E-state index contributed by atoms with van der Waals surface area (Å²) in [6.07, 6.45) is 0. The number of carbonyl (C=O) groups excluding carboxylic acids is 2. The first-order chi connectivity index (χ1) is 14.0. The van der Waals surface area contributed by atoms with Crippen LogP contribution in [-0.2, 0) is 16.1 Å². The molecular formula is C22H23BrN2O4. The number of nitrogens with zero attached hydrogens (tertiary/aromatic N) is 2. The van der Waals surface area contributed by atoms with E-state index in [2.05, 4.69) is 33.0 Å². The second kappa shape index (κ2) is 8.26. The maximum atomic E-state index is 12.7. The van der Waals surface area contributed by atoms with E-state index in [1.54, 1.807) is 12.1 Å². The van der Waals surface area contributed by atoms with Gasteiger partial charge in [-0.2, -0.15) is 0 Å². The summed E-state index contributed by atoms with van der Waals surface area (Å²) in [5, 5.41) is 9.87. The highest BCUT2D eigenvalue weighted by Gasteiger charge is 2.53. The van der Waals surface area contributed by atoms with Gasteiger partial charge in [-0.05, 0) is 35.4 Å². The Balaban J connectivity index is 1.49. The molecule has 152 valence electrons. The van der Waals surface area contributed by atoms with Crippen molar-refractivity contribution in [1.82, 2.24) is 9.80 Å². The Bertz CT molecular complexity index is 900. The summed E-state index contributed by atoms with van der Waals surface area (Å²) in [5.41, 5.74) is 2.69. The van der Waals surface area contributed by atoms with E-state index in [1.807, 2.05) is 29.2 Å². The summed E-state index contributed by atoms with van der Waals surface area (Å²) < 4.78 is 5.74. The van der Waals surface area contributed by atoms with Crippen molar-refractivity contribution in [3.8, 4) is 0 Å². The number of piperazine rings is 1. The molecule has 1 amide bonds. The number of ether oxygens (including phenoxy) is 1. The van der Waals surface area contributed by atoms with Crippen LogP contribution in [0.4, 0.5) is 0 Å². The SMILES string of the molecule is COC(=O)c1ccc(CN2CC(=O)N3[C@@H](CO)[C@@H](c4ccc(Br)cc4)[C@@H]3C2)cc1. The highest BCUT2D eigenvalue weighted by Crippen LogP contribution is 2.43. The van der Waals surface area contributed by atoms with Gasteiger partial charge >= 0.3 is 5.97 Å². The van der Waals surface area contributed by atoms with Crippen LogP contribution in [0.5, 0.6) is 0 Å². The number of fused-ring (bicyclic) bond motifs is 1. The van der Waals surface area contributed by atoms with Gasteiger partial charge in [0.1, 0.15) is 0 Å². The quantitative estimate of drug-likeness (QED) is 0.696. The molecule has 2 saturated heterocycles. The molecule has 0 aromatic heterocycles. The topological polar surface area (TPSA) is 70.1 Å². The Morgan fingerprint density at radius 1 is 1.17 bits per heavy atom. The van der Waals surface area contributed by atoms with Crippen molar-refractivity contribution < 1.29 is 19.4 Å². The zero-order chi connectivity index (χ0) is 20.5. The van der Waals surface area contributed by atoms with E-state index in [1.165, 1.54) is 7.11 Å². The minimum atomic E-state index is -0.359. The van der Waals surface area contributed by atoms with Gasteiger partial charge in [0, 0.05) is 23.5 Å². The van der Waals surface area contributed by atoms with Crippen molar-refractivity contribution in [2.45, 2.75) is 24.5 Å². The number of esters is 1. The van der Waals surface area contributed by atoms with Crippen LogP contribution in [0.15, 0.2) is 53.0 Å². The number of aliphatic hydroxyl groups is 1. The third kappa shape index (κ3) is 3.82. The smallest absolute Gasteiger partial charge is 0.337 e. The van der Waals surface area contributed by atoms with Crippen molar-refractivity contribution in [2.24, 2.45) is 0 Å². The molecule has 0 unspecified atom stereocenters. The van der Waals surface area contributed by atoms with Gasteiger partial charge in [0.2, 0.25) is 5.91 Å². The molecule has 2 aromatic rings. The molecule has 2 aromatic carbocycles. The lowest BCUT2D eigenvalue weighted by Crippen LogP contribution is -2.72. The number of rotatable bonds is 5. The molecule has 2 aliphatic heterocycles. The third-order valence-corrected chi connectivity index (χ3v) is 6.39. The van der Waals surface area contributed by atoms with Gasteiger partial charge in [0.25, 0.3) is 0 Å². The first-order valence-electron chi connectivity index (χ1n) is 9.59. The third-order valence-electron chi connectivity index (χ3n) is 5.86. The van der Waals surface area contributed by atoms with Crippen LogP contribution in [0.2, 0.25) is 0 Å². The average molecular weight is 459 g/mol. The summed E-state index contributed by atoms with van der Waals surface area (Å²) in [6, 6.07) is 15.3. The number of carbonyl (C=O) groups is 2. The van der Waals surface area contributed by atoms with Gasteiger partial charge in [-0.3, -0.25) is 9.69 Å². The largest absolute Gasteiger partial charge is 0.465 e. The molecule has 3 atom stereocenters. The number of aliphatic hydroxyl groups excluding tert-OH is 1. The van der Waals surface area contributed by atoms with Crippen LogP contribution >= 0.6 is 15.9 Å². The van der Waals surface area contributed by atoms with E-state index in [0.717, 1.165) is 22.1 Å². The molecule has 4 rings (SSSR count). The average Bonchev–Trinajstić information content (AvgIpc) is 2.71. The van der Waals surface area contributed by atoms with E-state index in [0.29, 0.717) is 18.7 Å². The lowest BCUT2D eigenvalue weighted by atomic mass is 9.74. The van der Waals surface area contributed by atoms with Crippen LogP contribution in [0, 0.1) is 0 Å². The Kier molecular flexibility index (Phi) is 5.72.